The van der Waals surface area contributed by atoms with Crippen molar-refractivity contribution in [3.05, 3.63) is 46.5 Å². The number of aliphatic hydroxyl groups excluding tert-OH is 2. The largest absolute Gasteiger partial charge is 0.481 e. The number of fused-ring (bicyclic) bond motifs is 1. The average Bonchev–Trinajstić information content (AvgIpc) is 3.68. The number of hydrogen-bond donors (Lipinski definition) is 9. The molecule has 2 amide bonds. The first-order valence-electron chi connectivity index (χ1n) is 16.4. The second-order valence-corrected chi connectivity index (χ2v) is 19.0. The molecule has 322 valence electrons. The molecule has 24 nitrogen and oxygen atoms in total. The number of nitrogen functional groups attached to an aromatic ring is 1. The number of imidazole rings is 1. The number of amides is 2. The van der Waals surface area contributed by atoms with E-state index in [9.17, 15) is 57.9 Å². The fourth-order valence-corrected chi connectivity index (χ4v) is 9.11. The van der Waals surface area contributed by atoms with Crippen LogP contribution >= 0.6 is 58.4 Å². The summed E-state index contributed by atoms with van der Waals surface area (Å²) in [5.74, 6) is -1.33. The highest BCUT2D eigenvalue weighted by Crippen LogP contribution is 2.61. The van der Waals surface area contributed by atoms with E-state index in [-0.39, 0.29) is 57.9 Å². The number of hydrogen-bond acceptors (Lipinski definition) is 18. The van der Waals surface area contributed by atoms with Crippen molar-refractivity contribution in [3.8, 4) is 0 Å². The predicted molar refractivity (Wildman–Crippen MR) is 203 cm³/mol. The maximum atomic E-state index is 12.7. The Balaban J connectivity index is 1.22. The smallest absolute Gasteiger partial charge is 0.386 e. The van der Waals surface area contributed by atoms with Gasteiger partial charge >= 0.3 is 23.5 Å². The molecule has 30 heteroatoms. The van der Waals surface area contributed by atoms with Gasteiger partial charge < -0.3 is 50.9 Å². The molecule has 0 bridgehead atoms. The maximum absolute atomic E-state index is 12.7. The second kappa shape index (κ2) is 19.8. The molecule has 1 aromatic carbocycles. The van der Waals surface area contributed by atoms with E-state index in [2.05, 4.69) is 34.4 Å². The molecule has 2 aromatic heterocycles. The highest BCUT2D eigenvalue weighted by Gasteiger charge is 2.50. The van der Waals surface area contributed by atoms with Gasteiger partial charge in [-0.1, -0.05) is 48.8 Å². The van der Waals surface area contributed by atoms with E-state index in [1.807, 2.05) is 0 Å². The molecular formula is C28H38Cl2N7O17P3S. The number of nitrogens with one attached hydrogen (secondary N) is 2. The van der Waals surface area contributed by atoms with Crippen LogP contribution in [-0.4, -0.2) is 123 Å². The van der Waals surface area contributed by atoms with Gasteiger partial charge in [0.2, 0.25) is 16.9 Å². The lowest BCUT2D eigenvalue weighted by Crippen LogP contribution is -2.46. The van der Waals surface area contributed by atoms with Crippen LogP contribution in [0.2, 0.25) is 10.0 Å². The summed E-state index contributed by atoms with van der Waals surface area (Å²) in [5.41, 5.74) is 4.48. The van der Waals surface area contributed by atoms with Gasteiger partial charge in [-0.25, -0.2) is 28.6 Å². The van der Waals surface area contributed by atoms with Crippen molar-refractivity contribution in [2.75, 3.05) is 37.8 Å². The van der Waals surface area contributed by atoms with E-state index < -0.39 is 84.6 Å². The van der Waals surface area contributed by atoms with Crippen molar-refractivity contribution in [3.63, 3.8) is 0 Å². The molecule has 0 saturated carbocycles. The summed E-state index contributed by atoms with van der Waals surface area (Å²) in [7, 11) is -16.4. The summed E-state index contributed by atoms with van der Waals surface area (Å²) in [4.78, 5) is 88.0. The summed E-state index contributed by atoms with van der Waals surface area (Å²) in [6.45, 7) is 0.297. The summed E-state index contributed by atoms with van der Waals surface area (Å²) in [6, 6.07) is 4.42. The molecule has 1 fully saturated rings. The molecule has 1 saturated heterocycles. The summed E-state index contributed by atoms with van der Waals surface area (Å²) < 4.78 is 62.1. The zero-order chi connectivity index (χ0) is 43.2. The molecule has 0 aliphatic carbocycles. The zero-order valence-corrected chi connectivity index (χ0v) is 35.1. The maximum Gasteiger partial charge on any atom is 0.481 e. The second-order valence-electron chi connectivity index (χ2n) is 12.8. The number of aromatic nitrogens is 4. The minimum Gasteiger partial charge on any atom is -0.386 e. The van der Waals surface area contributed by atoms with Gasteiger partial charge in [-0.15, -0.1) is 0 Å². The number of phosphoric acid groups is 3. The Morgan fingerprint density at radius 1 is 1.05 bits per heavy atom. The van der Waals surface area contributed by atoms with E-state index in [4.69, 9.17) is 42.7 Å². The zero-order valence-electron chi connectivity index (χ0n) is 30.1. The molecule has 0 radical (unpaired) electrons. The summed E-state index contributed by atoms with van der Waals surface area (Å²) in [6.07, 6.45) is -7.03. The first kappa shape index (κ1) is 48.0. The highest BCUT2D eigenvalue weighted by molar-refractivity contribution is 8.14. The fourth-order valence-electron chi connectivity index (χ4n) is 5.01. The number of aliphatic hydroxyl groups is 2. The molecule has 4 rings (SSSR count). The van der Waals surface area contributed by atoms with Crippen molar-refractivity contribution in [1.82, 2.24) is 30.2 Å². The Kier molecular flexibility index (Phi) is 16.4. The number of rotatable bonds is 20. The average molecular weight is 941 g/mol. The molecule has 10 N–H and O–H groups in total. The number of phosphoric ester groups is 3. The number of nitrogens with zero attached hydrogens (tertiary/aromatic N) is 4. The van der Waals surface area contributed by atoms with Gasteiger partial charge in [0.25, 0.3) is 0 Å². The fraction of sp³-hybridized carbons (Fsp3) is 0.500. The molecular weight excluding hydrogens is 902 g/mol. The van der Waals surface area contributed by atoms with E-state index in [1.54, 1.807) is 0 Å². The third kappa shape index (κ3) is 13.4. The molecule has 0 spiro atoms. The quantitative estimate of drug-likeness (QED) is 0.0569. The third-order valence-electron chi connectivity index (χ3n) is 7.89. The molecule has 1 aliphatic heterocycles. The van der Waals surface area contributed by atoms with E-state index in [0.717, 1.165) is 29.0 Å². The van der Waals surface area contributed by atoms with Gasteiger partial charge in [-0.2, -0.15) is 4.31 Å². The van der Waals surface area contributed by atoms with Crippen LogP contribution in [0, 0.1) is 5.41 Å². The van der Waals surface area contributed by atoms with Crippen LogP contribution in [0.1, 0.15) is 36.9 Å². The van der Waals surface area contributed by atoms with Crippen molar-refractivity contribution >= 4 is 92.3 Å². The first-order chi connectivity index (χ1) is 26.9. The van der Waals surface area contributed by atoms with Crippen LogP contribution in [0.15, 0.2) is 30.9 Å². The minimum atomic E-state index is -5.58. The lowest BCUT2D eigenvalue weighted by Gasteiger charge is -2.30. The number of ether oxygens (including phenoxy) is 1. The SMILES string of the molecule is CC(C)(COP(=O)(O)OP(=O)(O)OC[C@H]1O[C@@H](n2cnc3c(N)ncnc32)[C@H](O)[C@@H]1OP(=O)(O)O)C(O)C(=O)NCCC(=O)NCCSC(=O)c1ccc(Cl)cc1Cl. The first-order valence-corrected chi connectivity index (χ1v) is 22.7. The molecule has 7 atom stereocenters. The molecule has 1 aliphatic rings. The summed E-state index contributed by atoms with van der Waals surface area (Å²) >= 11 is 12.8. The van der Waals surface area contributed by atoms with Crippen LogP contribution in [0.25, 0.3) is 11.2 Å². The lowest BCUT2D eigenvalue weighted by molar-refractivity contribution is -0.137. The van der Waals surface area contributed by atoms with Crippen LogP contribution in [0.4, 0.5) is 5.82 Å². The number of carbonyl (C=O) groups is 3. The molecule has 3 heterocycles. The van der Waals surface area contributed by atoms with E-state index in [0.29, 0.717) is 5.02 Å². The van der Waals surface area contributed by atoms with E-state index >= 15 is 0 Å². The number of thioether (sulfide) groups is 1. The number of halogens is 2. The van der Waals surface area contributed by atoms with Gasteiger partial charge in [0.05, 0.1) is 24.6 Å². The number of anilines is 1. The van der Waals surface area contributed by atoms with Crippen LogP contribution in [0.3, 0.4) is 0 Å². The van der Waals surface area contributed by atoms with Crippen molar-refractivity contribution in [2.45, 2.75) is 50.9 Å². The Labute approximate surface area is 342 Å². The van der Waals surface area contributed by atoms with Gasteiger partial charge in [0, 0.05) is 41.3 Å². The molecule has 3 unspecified atom stereocenters. The lowest BCUT2D eigenvalue weighted by atomic mass is 9.87. The minimum absolute atomic E-state index is 0.0238. The van der Waals surface area contributed by atoms with Gasteiger partial charge in [0.1, 0.15) is 36.3 Å². The monoisotopic (exact) mass is 939 g/mol. The Hall–Kier alpha value is -2.64. The van der Waals surface area contributed by atoms with E-state index in [1.165, 1.54) is 32.0 Å². The van der Waals surface area contributed by atoms with Crippen LogP contribution in [0.5, 0.6) is 0 Å². The van der Waals surface area contributed by atoms with Gasteiger partial charge in [-0.05, 0) is 18.2 Å². The number of nitrogens with two attached hydrogens (primary N) is 1. The number of benzene rings is 1. The standard InChI is InChI=1S/C28H38Cl2N7O17P3S/c1-28(2,22(40)25(41)33-6-5-18(38)32-7-8-58-27(42)15-4-3-14(29)9-16(15)30)11-51-57(48,49)54-56(46,47)50-10-17-21(53-55(43,44)45)20(39)26(52-17)37-13-36-19-23(31)34-12-35-24(19)37/h3-4,9,12-13,17,20-22,26,39-40H,5-8,10-11H2,1-2H3,(H,32,38)(H,33,41)(H,46,47)(H,48,49)(H2,31,34,35)(H2,43,44,45)/t17-,20-,21-,22?,26-/m1/s1. The van der Waals surface area contributed by atoms with Gasteiger partial charge in [-0.3, -0.25) is 32.5 Å². The van der Waals surface area contributed by atoms with Crippen LogP contribution in [-0.2, 0) is 45.9 Å². The highest BCUT2D eigenvalue weighted by atomic mass is 35.5. The van der Waals surface area contributed by atoms with Gasteiger partial charge in [0.15, 0.2) is 17.7 Å². The molecule has 58 heavy (non-hydrogen) atoms. The van der Waals surface area contributed by atoms with Crippen molar-refractivity contribution in [2.24, 2.45) is 5.41 Å². The Morgan fingerprint density at radius 3 is 2.41 bits per heavy atom. The Bertz CT molecular complexity index is 2130. The third-order valence-corrected chi connectivity index (χ3v) is 12.4. The van der Waals surface area contributed by atoms with Crippen molar-refractivity contribution in [1.29, 1.82) is 0 Å². The Morgan fingerprint density at radius 2 is 1.74 bits per heavy atom. The topological polar surface area (TPSA) is 364 Å². The van der Waals surface area contributed by atoms with Crippen molar-refractivity contribution < 1.29 is 80.5 Å². The van der Waals surface area contributed by atoms with Crippen LogP contribution < -0.4 is 16.4 Å². The normalized spacial score (nSPS) is 21.3. The predicted octanol–water partition coefficient (Wildman–Crippen LogP) is 1.29. The number of carbonyl (C=O) groups excluding carboxylic acids is 3. The summed E-state index contributed by atoms with van der Waals surface area (Å²) in [5, 5.41) is 26.6. The molecule has 3 aromatic rings.